The van der Waals surface area contributed by atoms with E-state index >= 15 is 0 Å². The second-order valence-corrected chi connectivity index (χ2v) is 5.27. The molecule has 2 aromatic heterocycles. The van der Waals surface area contributed by atoms with Crippen LogP contribution in [0.25, 0.3) is 22.4 Å². The van der Waals surface area contributed by atoms with Crippen molar-refractivity contribution < 1.29 is 13.3 Å². The van der Waals surface area contributed by atoms with Crippen molar-refractivity contribution in [1.82, 2.24) is 10.1 Å². The summed E-state index contributed by atoms with van der Waals surface area (Å²) < 4.78 is 32.4. The monoisotopic (exact) mass is 338 g/mol. The van der Waals surface area contributed by atoms with Gasteiger partial charge in [0, 0.05) is 15.6 Å². The summed E-state index contributed by atoms with van der Waals surface area (Å²) in [6.45, 7) is 1.62. The molecule has 0 aliphatic rings. The van der Waals surface area contributed by atoms with E-state index in [1.54, 1.807) is 19.1 Å². The molecule has 0 atom stereocenters. The molecule has 0 aliphatic carbocycles. The summed E-state index contributed by atoms with van der Waals surface area (Å²) in [4.78, 5) is 4.26. The number of fused-ring (bicyclic) bond motifs is 1. The lowest BCUT2D eigenvalue weighted by Gasteiger charge is -2.06. The second kappa shape index (κ2) is 4.94. The van der Waals surface area contributed by atoms with Gasteiger partial charge in [-0.2, -0.15) is 0 Å². The highest BCUT2D eigenvalue weighted by Gasteiger charge is 2.20. The van der Waals surface area contributed by atoms with E-state index in [-0.39, 0.29) is 11.3 Å². The number of rotatable bonds is 2. The molecule has 0 radical (unpaired) electrons. The molecule has 1 aromatic carbocycles. The molecule has 0 amide bonds. The summed E-state index contributed by atoms with van der Waals surface area (Å²) in [6.07, 6.45) is -2.60. The zero-order valence-electron chi connectivity index (χ0n) is 10.4. The Balaban J connectivity index is 2.25. The predicted molar refractivity (Wildman–Crippen MR) is 74.6 cm³/mol. The lowest BCUT2D eigenvalue weighted by Crippen LogP contribution is -1.92. The number of nitrogens with zero attached hydrogens (tertiary/aromatic N) is 2. The average Bonchev–Trinajstić information content (AvgIpc) is 2.80. The first-order valence-electron chi connectivity index (χ1n) is 5.87. The van der Waals surface area contributed by atoms with Crippen LogP contribution in [0.2, 0.25) is 0 Å². The lowest BCUT2D eigenvalue weighted by molar-refractivity contribution is 0.153. The summed E-state index contributed by atoms with van der Waals surface area (Å²) in [6, 6.07) is 8.65. The van der Waals surface area contributed by atoms with E-state index in [0.29, 0.717) is 16.8 Å². The number of hydrogen-bond donors (Lipinski definition) is 0. The number of benzene rings is 1. The Morgan fingerprint density at radius 1 is 1.20 bits per heavy atom. The van der Waals surface area contributed by atoms with E-state index in [1.807, 2.05) is 12.1 Å². The van der Waals surface area contributed by atoms with Crippen molar-refractivity contribution in [2.24, 2.45) is 0 Å². The van der Waals surface area contributed by atoms with Gasteiger partial charge in [-0.15, -0.1) is 0 Å². The third kappa shape index (κ3) is 2.20. The third-order valence-electron chi connectivity index (χ3n) is 3.02. The minimum Gasteiger partial charge on any atom is -0.336 e. The average molecular weight is 339 g/mol. The van der Waals surface area contributed by atoms with Crippen LogP contribution in [-0.2, 0) is 0 Å². The molecule has 3 rings (SSSR count). The fraction of sp³-hybridized carbons (Fsp3) is 0.143. The van der Waals surface area contributed by atoms with Crippen molar-refractivity contribution in [2.75, 3.05) is 0 Å². The van der Waals surface area contributed by atoms with Gasteiger partial charge in [-0.05, 0) is 25.1 Å². The number of aromatic nitrogens is 2. The van der Waals surface area contributed by atoms with Gasteiger partial charge in [0.05, 0.1) is 16.8 Å². The van der Waals surface area contributed by atoms with E-state index in [2.05, 4.69) is 26.1 Å². The van der Waals surface area contributed by atoms with Crippen LogP contribution in [0.1, 0.15) is 17.7 Å². The second-order valence-electron chi connectivity index (χ2n) is 4.35. The van der Waals surface area contributed by atoms with Gasteiger partial charge in [-0.3, -0.25) is 0 Å². The van der Waals surface area contributed by atoms with Crippen LogP contribution in [-0.4, -0.2) is 10.1 Å². The van der Waals surface area contributed by atoms with Crippen LogP contribution in [0.15, 0.2) is 39.3 Å². The van der Waals surface area contributed by atoms with Gasteiger partial charge in [0.25, 0.3) is 12.1 Å². The van der Waals surface area contributed by atoms with Crippen LogP contribution in [0.3, 0.4) is 0 Å². The largest absolute Gasteiger partial charge is 0.336 e. The molecule has 0 fully saturated rings. The highest BCUT2D eigenvalue weighted by Crippen LogP contribution is 2.33. The number of halogens is 3. The Morgan fingerprint density at radius 3 is 2.55 bits per heavy atom. The third-order valence-corrected chi connectivity index (χ3v) is 3.55. The number of pyridine rings is 1. The fourth-order valence-electron chi connectivity index (χ4n) is 2.07. The predicted octanol–water partition coefficient (Wildman–Crippen LogP) is 4.90. The first kappa shape index (κ1) is 13.2. The number of aryl methyl sites for hydroxylation is 1. The molecule has 0 saturated heterocycles. The van der Waals surface area contributed by atoms with Crippen LogP contribution >= 0.6 is 15.9 Å². The van der Waals surface area contributed by atoms with E-state index in [4.69, 9.17) is 4.52 Å². The van der Waals surface area contributed by atoms with Gasteiger partial charge in [0.2, 0.25) is 0 Å². The topological polar surface area (TPSA) is 38.9 Å². The van der Waals surface area contributed by atoms with Gasteiger partial charge in [0.15, 0.2) is 0 Å². The zero-order chi connectivity index (χ0) is 14.3. The van der Waals surface area contributed by atoms with Gasteiger partial charge in [-0.25, -0.2) is 13.8 Å². The minimum absolute atomic E-state index is 0.105. The molecular formula is C14H9BrF2N2O. The molecule has 3 aromatic rings. The Bertz CT molecular complexity index is 769. The van der Waals surface area contributed by atoms with E-state index in [1.165, 1.54) is 6.07 Å². The van der Waals surface area contributed by atoms with Crippen LogP contribution in [0.4, 0.5) is 8.78 Å². The van der Waals surface area contributed by atoms with Crippen molar-refractivity contribution >= 4 is 27.0 Å². The van der Waals surface area contributed by atoms with Crippen LogP contribution < -0.4 is 0 Å². The van der Waals surface area contributed by atoms with Crippen molar-refractivity contribution in [1.29, 1.82) is 0 Å². The SMILES string of the molecule is Cc1noc2nc(-c3ccc(Br)cc3)cc(C(F)F)c12. The van der Waals surface area contributed by atoms with E-state index < -0.39 is 6.43 Å². The minimum atomic E-state index is -2.60. The lowest BCUT2D eigenvalue weighted by atomic mass is 10.1. The zero-order valence-corrected chi connectivity index (χ0v) is 12.0. The molecular weight excluding hydrogens is 330 g/mol. The smallest absolute Gasteiger partial charge is 0.264 e. The van der Waals surface area contributed by atoms with Crippen molar-refractivity contribution in [3.8, 4) is 11.3 Å². The Morgan fingerprint density at radius 2 is 1.90 bits per heavy atom. The molecule has 0 spiro atoms. The molecule has 0 saturated carbocycles. The maximum Gasteiger partial charge on any atom is 0.264 e. The van der Waals surface area contributed by atoms with Gasteiger partial charge >= 0.3 is 0 Å². The Kier molecular flexibility index (Phi) is 3.25. The highest BCUT2D eigenvalue weighted by molar-refractivity contribution is 9.10. The molecule has 20 heavy (non-hydrogen) atoms. The van der Waals surface area contributed by atoms with Gasteiger partial charge in [-0.1, -0.05) is 33.2 Å². The number of alkyl halides is 2. The van der Waals surface area contributed by atoms with Crippen molar-refractivity contribution in [3.05, 3.63) is 46.1 Å². The Hall–Kier alpha value is -1.82. The van der Waals surface area contributed by atoms with E-state index in [0.717, 1.165) is 10.0 Å². The quantitative estimate of drug-likeness (QED) is 0.667. The van der Waals surface area contributed by atoms with Crippen molar-refractivity contribution in [3.63, 3.8) is 0 Å². The summed E-state index contributed by atoms with van der Waals surface area (Å²) in [5, 5.41) is 4.00. The molecule has 102 valence electrons. The molecule has 6 heteroatoms. The molecule has 0 bridgehead atoms. The molecule has 0 N–H and O–H groups in total. The molecule has 0 unspecified atom stereocenters. The first-order valence-corrected chi connectivity index (χ1v) is 6.66. The molecule has 3 nitrogen and oxygen atoms in total. The van der Waals surface area contributed by atoms with Gasteiger partial charge < -0.3 is 4.52 Å². The summed E-state index contributed by atoms with van der Waals surface area (Å²) in [7, 11) is 0. The molecule has 0 aliphatic heterocycles. The standard InChI is InChI=1S/C14H9BrF2N2O/c1-7-12-10(13(16)17)6-11(18-14(12)20-19-7)8-2-4-9(15)5-3-8/h2-6,13H,1H3. The summed E-state index contributed by atoms with van der Waals surface area (Å²) in [5.41, 5.74) is 1.64. The van der Waals surface area contributed by atoms with E-state index in [9.17, 15) is 8.78 Å². The fourth-order valence-corrected chi connectivity index (χ4v) is 2.33. The first-order chi connectivity index (χ1) is 9.56. The normalized spacial score (nSPS) is 11.4. The highest BCUT2D eigenvalue weighted by atomic mass is 79.9. The Labute approximate surface area is 121 Å². The summed E-state index contributed by atoms with van der Waals surface area (Å²) >= 11 is 3.33. The maximum atomic E-state index is 13.2. The summed E-state index contributed by atoms with van der Waals surface area (Å²) in [5.74, 6) is 0. The maximum absolute atomic E-state index is 13.2. The van der Waals surface area contributed by atoms with Crippen LogP contribution in [0.5, 0.6) is 0 Å². The number of hydrogen-bond acceptors (Lipinski definition) is 3. The molecule has 2 heterocycles. The van der Waals surface area contributed by atoms with Crippen molar-refractivity contribution in [2.45, 2.75) is 13.3 Å². The van der Waals surface area contributed by atoms with Crippen LogP contribution in [0, 0.1) is 6.92 Å². The van der Waals surface area contributed by atoms with Gasteiger partial charge in [0.1, 0.15) is 0 Å².